The first kappa shape index (κ1) is 23.6. The Morgan fingerprint density at radius 2 is 1.97 bits per heavy atom. The molecule has 33 heavy (non-hydrogen) atoms. The lowest BCUT2D eigenvalue weighted by molar-refractivity contribution is -0.127. The Morgan fingerprint density at radius 3 is 2.67 bits per heavy atom. The Labute approximate surface area is 200 Å². The zero-order chi connectivity index (χ0) is 23.2. The van der Waals surface area contributed by atoms with E-state index in [4.69, 9.17) is 16.3 Å². The van der Waals surface area contributed by atoms with E-state index in [1.54, 1.807) is 19.2 Å². The van der Waals surface area contributed by atoms with E-state index >= 15 is 0 Å². The second-order valence-electron chi connectivity index (χ2n) is 9.00. The van der Waals surface area contributed by atoms with Gasteiger partial charge in [0.15, 0.2) is 0 Å². The third-order valence-electron chi connectivity index (χ3n) is 6.69. The molecule has 6 nitrogen and oxygen atoms in total. The summed E-state index contributed by atoms with van der Waals surface area (Å²) in [6.45, 7) is 4.42. The van der Waals surface area contributed by atoms with Crippen molar-refractivity contribution in [2.45, 2.75) is 31.6 Å². The van der Waals surface area contributed by atoms with Crippen LogP contribution in [0.15, 0.2) is 48.5 Å². The highest BCUT2D eigenvalue weighted by Gasteiger charge is 2.35. The maximum absolute atomic E-state index is 12.9. The van der Waals surface area contributed by atoms with Crippen molar-refractivity contribution in [2.24, 2.45) is 5.92 Å². The Bertz CT molecular complexity index is 966. The van der Waals surface area contributed by atoms with Gasteiger partial charge in [-0.05, 0) is 61.2 Å². The highest BCUT2D eigenvalue weighted by molar-refractivity contribution is 6.30. The number of hydrogen-bond donors (Lipinski definition) is 1. The smallest absolute Gasteiger partial charge is 0.224 e. The fraction of sp³-hybridized carbons (Fsp3) is 0.462. The van der Waals surface area contributed by atoms with Crippen molar-refractivity contribution in [1.82, 2.24) is 9.80 Å². The predicted octanol–water partition coefficient (Wildman–Crippen LogP) is 4.41. The van der Waals surface area contributed by atoms with E-state index in [1.165, 1.54) is 5.56 Å². The van der Waals surface area contributed by atoms with Crippen LogP contribution in [-0.4, -0.2) is 61.4 Å². The standard InChI is InChI=1S/C26H32ClN3O3/c1-33-23-10-8-19(9-11-23)24-18-29(12-4-14-30-13-3-7-26(30)32)17-20(24)15-25(31)28-22-6-2-5-21(27)16-22/h2,5-6,8-11,16,20,24H,3-4,7,12-15,17-18H2,1H3,(H,28,31)/t20-,24+/m0/s1. The maximum Gasteiger partial charge on any atom is 0.224 e. The summed E-state index contributed by atoms with van der Waals surface area (Å²) >= 11 is 6.06. The SMILES string of the molecule is COc1ccc([C@H]2CN(CCCN3CCCC3=O)C[C@@H]2CC(=O)Nc2cccc(Cl)c2)cc1. The van der Waals surface area contributed by atoms with Crippen LogP contribution in [0, 0.1) is 5.92 Å². The van der Waals surface area contributed by atoms with E-state index in [-0.39, 0.29) is 23.7 Å². The molecule has 4 rings (SSSR count). The molecular formula is C26H32ClN3O3. The second-order valence-corrected chi connectivity index (χ2v) is 9.44. The first-order valence-corrected chi connectivity index (χ1v) is 12.1. The van der Waals surface area contributed by atoms with Gasteiger partial charge in [0.25, 0.3) is 0 Å². The molecule has 176 valence electrons. The molecule has 1 N–H and O–H groups in total. The summed E-state index contributed by atoms with van der Waals surface area (Å²) in [6.07, 6.45) is 3.08. The van der Waals surface area contributed by atoms with Gasteiger partial charge < -0.3 is 19.9 Å². The van der Waals surface area contributed by atoms with Gasteiger partial charge in [0, 0.05) is 55.6 Å². The van der Waals surface area contributed by atoms with Crippen LogP contribution < -0.4 is 10.1 Å². The first-order chi connectivity index (χ1) is 16.0. The number of carbonyl (C=O) groups is 2. The summed E-state index contributed by atoms with van der Waals surface area (Å²) in [5.41, 5.74) is 1.95. The Morgan fingerprint density at radius 1 is 1.15 bits per heavy atom. The predicted molar refractivity (Wildman–Crippen MR) is 131 cm³/mol. The van der Waals surface area contributed by atoms with Crippen molar-refractivity contribution >= 4 is 29.1 Å². The van der Waals surface area contributed by atoms with Gasteiger partial charge in [0.2, 0.25) is 11.8 Å². The highest BCUT2D eigenvalue weighted by atomic mass is 35.5. The molecule has 0 bridgehead atoms. The fourth-order valence-electron chi connectivity index (χ4n) is 5.02. The van der Waals surface area contributed by atoms with Gasteiger partial charge in [0.05, 0.1) is 7.11 Å². The number of amides is 2. The van der Waals surface area contributed by atoms with Crippen LogP contribution in [0.25, 0.3) is 0 Å². The number of anilines is 1. The topological polar surface area (TPSA) is 61.9 Å². The third kappa shape index (κ3) is 6.27. The lowest BCUT2D eigenvalue weighted by Gasteiger charge is -2.19. The normalized spacial score (nSPS) is 20.9. The molecule has 2 fully saturated rings. The zero-order valence-corrected chi connectivity index (χ0v) is 19.9. The van der Waals surface area contributed by atoms with Crippen LogP contribution in [0.4, 0.5) is 5.69 Å². The number of methoxy groups -OCH3 is 1. The number of ether oxygens (including phenoxy) is 1. The number of rotatable bonds is 9. The number of nitrogens with one attached hydrogen (secondary N) is 1. The van der Waals surface area contributed by atoms with Gasteiger partial charge in [0.1, 0.15) is 5.75 Å². The molecule has 7 heteroatoms. The molecule has 0 aliphatic carbocycles. The van der Waals surface area contributed by atoms with Crippen LogP contribution in [0.3, 0.4) is 0 Å². The minimum Gasteiger partial charge on any atom is -0.497 e. The van der Waals surface area contributed by atoms with Crippen molar-refractivity contribution in [2.75, 3.05) is 45.2 Å². The van der Waals surface area contributed by atoms with E-state index in [0.717, 1.165) is 57.0 Å². The average Bonchev–Trinajstić information content (AvgIpc) is 3.39. The quantitative estimate of drug-likeness (QED) is 0.591. The average molecular weight is 470 g/mol. The van der Waals surface area contributed by atoms with E-state index in [0.29, 0.717) is 17.9 Å². The lowest BCUT2D eigenvalue weighted by Crippen LogP contribution is -2.30. The molecule has 2 aromatic rings. The number of halogens is 1. The van der Waals surface area contributed by atoms with Crippen molar-refractivity contribution in [3.63, 3.8) is 0 Å². The van der Waals surface area contributed by atoms with Gasteiger partial charge in [-0.15, -0.1) is 0 Å². The van der Waals surface area contributed by atoms with E-state index in [2.05, 4.69) is 22.3 Å². The summed E-state index contributed by atoms with van der Waals surface area (Å²) in [5.74, 6) is 1.60. The molecule has 2 amide bonds. The Balaban J connectivity index is 1.39. The number of carbonyl (C=O) groups excluding carboxylic acids is 2. The molecule has 0 aromatic heterocycles. The molecule has 2 heterocycles. The molecular weight excluding hydrogens is 438 g/mol. The minimum atomic E-state index is 0.00490. The van der Waals surface area contributed by atoms with Crippen LogP contribution in [0.1, 0.15) is 37.2 Å². The number of likely N-dealkylation sites (tertiary alicyclic amines) is 2. The summed E-state index contributed by atoms with van der Waals surface area (Å²) in [7, 11) is 1.67. The molecule has 2 atom stereocenters. The molecule has 0 radical (unpaired) electrons. The van der Waals surface area contributed by atoms with Crippen molar-refractivity contribution in [1.29, 1.82) is 0 Å². The molecule has 0 spiro atoms. The van der Waals surface area contributed by atoms with Gasteiger partial charge in [-0.1, -0.05) is 29.8 Å². The third-order valence-corrected chi connectivity index (χ3v) is 6.93. The molecule has 0 saturated carbocycles. The van der Waals surface area contributed by atoms with E-state index < -0.39 is 0 Å². The highest BCUT2D eigenvalue weighted by Crippen LogP contribution is 2.36. The first-order valence-electron chi connectivity index (χ1n) is 11.7. The van der Waals surface area contributed by atoms with Crippen LogP contribution >= 0.6 is 11.6 Å². The van der Waals surface area contributed by atoms with Crippen molar-refractivity contribution < 1.29 is 14.3 Å². The van der Waals surface area contributed by atoms with Gasteiger partial charge in [-0.25, -0.2) is 0 Å². The summed E-state index contributed by atoms with van der Waals surface area (Å²) in [4.78, 5) is 29.2. The fourth-order valence-corrected chi connectivity index (χ4v) is 5.21. The molecule has 2 aromatic carbocycles. The minimum absolute atomic E-state index is 0.00490. The number of hydrogen-bond acceptors (Lipinski definition) is 4. The van der Waals surface area contributed by atoms with Crippen molar-refractivity contribution in [3.8, 4) is 5.75 Å². The zero-order valence-electron chi connectivity index (χ0n) is 19.1. The van der Waals surface area contributed by atoms with Crippen LogP contribution in [0.2, 0.25) is 5.02 Å². The summed E-state index contributed by atoms with van der Waals surface area (Å²) in [6, 6.07) is 15.4. The van der Waals surface area contributed by atoms with Gasteiger partial charge >= 0.3 is 0 Å². The van der Waals surface area contributed by atoms with Gasteiger partial charge in [-0.3, -0.25) is 9.59 Å². The van der Waals surface area contributed by atoms with Crippen LogP contribution in [0.5, 0.6) is 5.75 Å². The lowest BCUT2D eigenvalue weighted by atomic mass is 9.86. The molecule has 2 saturated heterocycles. The molecule has 0 unspecified atom stereocenters. The van der Waals surface area contributed by atoms with Gasteiger partial charge in [-0.2, -0.15) is 0 Å². The summed E-state index contributed by atoms with van der Waals surface area (Å²) in [5, 5.41) is 3.60. The monoisotopic (exact) mass is 469 g/mol. The van der Waals surface area contributed by atoms with E-state index in [9.17, 15) is 9.59 Å². The number of nitrogens with zero attached hydrogens (tertiary/aromatic N) is 2. The largest absolute Gasteiger partial charge is 0.497 e. The Kier molecular flexibility index (Phi) is 7.89. The summed E-state index contributed by atoms with van der Waals surface area (Å²) < 4.78 is 5.31. The maximum atomic E-state index is 12.9. The van der Waals surface area contributed by atoms with Crippen LogP contribution in [-0.2, 0) is 9.59 Å². The van der Waals surface area contributed by atoms with E-state index in [1.807, 2.05) is 29.2 Å². The molecule has 2 aliphatic rings. The van der Waals surface area contributed by atoms with Crippen molar-refractivity contribution in [3.05, 3.63) is 59.1 Å². The molecule has 2 aliphatic heterocycles. The number of benzene rings is 2. The second kappa shape index (κ2) is 11.0. The Hall–Kier alpha value is -2.57.